The van der Waals surface area contributed by atoms with Gasteiger partial charge in [-0.05, 0) is 0 Å². The molecule has 8 nitrogen and oxygen atoms in total. The Morgan fingerprint density at radius 1 is 0.786 bits per heavy atom. The standard InChI is InChI=1S/4Na.H4O7P2.H2O.4H/c;;;;1-8(2,3)7-9(4,5)6;;;;;/h;;;;(H2,1,2,3)(H2,4,5,6);1H2;;;;/q4*+1;;;4*-1. The Kier molecular flexibility index (Phi) is 39.5. The van der Waals surface area contributed by atoms with Gasteiger partial charge in [-0.1, -0.05) is 0 Å². The van der Waals surface area contributed by atoms with E-state index in [2.05, 4.69) is 4.31 Å². The van der Waals surface area contributed by atoms with Gasteiger partial charge >= 0.3 is 134 Å². The average molecular weight is 292 g/mol. The van der Waals surface area contributed by atoms with Crippen LogP contribution in [0.15, 0.2) is 0 Å². The maximum atomic E-state index is 9.63. The smallest absolute Gasteiger partial charge is 1.00 e. The zero-order chi connectivity index (χ0) is 7.71. The van der Waals surface area contributed by atoms with E-state index in [1.165, 1.54) is 0 Å². The van der Waals surface area contributed by atoms with E-state index in [1.54, 1.807) is 0 Å². The predicted octanol–water partition coefficient (Wildman–Crippen LogP) is -13.2. The van der Waals surface area contributed by atoms with Crippen LogP contribution in [0.3, 0.4) is 0 Å². The van der Waals surface area contributed by atoms with E-state index in [0.717, 1.165) is 0 Å². The maximum Gasteiger partial charge on any atom is 1.00 e. The molecule has 0 aromatic heterocycles. The van der Waals surface area contributed by atoms with Crippen LogP contribution in [-0.4, -0.2) is 25.0 Å². The Bertz CT molecular complexity index is 174. The molecule has 0 amide bonds. The number of phosphoric acid groups is 2. The van der Waals surface area contributed by atoms with Crippen LogP contribution in [0.25, 0.3) is 0 Å². The van der Waals surface area contributed by atoms with Crippen LogP contribution in [0.4, 0.5) is 0 Å². The molecule has 0 fully saturated rings. The Hall–Kier alpha value is 4.22. The summed E-state index contributed by atoms with van der Waals surface area (Å²) in [5, 5.41) is 0. The van der Waals surface area contributed by atoms with Gasteiger partial charge in [0.25, 0.3) is 0 Å². The fourth-order valence-corrected chi connectivity index (χ4v) is 1.25. The molecule has 6 N–H and O–H groups in total. The van der Waals surface area contributed by atoms with Crippen molar-refractivity contribution in [3.05, 3.63) is 0 Å². The Morgan fingerprint density at radius 3 is 0.929 bits per heavy atom. The largest absolute Gasteiger partial charge is 1.00 e. The summed E-state index contributed by atoms with van der Waals surface area (Å²) in [5.41, 5.74) is 0. The SMILES string of the molecule is O.O=P(O)(O)OP(=O)(O)O.[H-].[H-].[H-].[H-].[Na+].[Na+].[Na+].[Na+]. The van der Waals surface area contributed by atoms with E-state index in [1.807, 2.05) is 0 Å². The van der Waals surface area contributed by atoms with Crippen LogP contribution in [-0.2, 0) is 13.4 Å². The molecule has 72 valence electrons. The minimum Gasteiger partial charge on any atom is -1.00 e. The van der Waals surface area contributed by atoms with E-state index in [-0.39, 0.29) is 129 Å². The van der Waals surface area contributed by atoms with Crippen LogP contribution in [0, 0.1) is 0 Å². The molecule has 0 aliphatic carbocycles. The molecule has 0 heterocycles. The van der Waals surface area contributed by atoms with Crippen molar-refractivity contribution in [1.29, 1.82) is 0 Å². The molecular weight excluding hydrogens is 282 g/mol. The third-order valence-corrected chi connectivity index (χ3v) is 1.91. The van der Waals surface area contributed by atoms with E-state index >= 15 is 0 Å². The predicted molar refractivity (Wildman–Crippen MR) is 33.2 cm³/mol. The summed E-state index contributed by atoms with van der Waals surface area (Å²) in [7, 11) is -10.1. The minimum atomic E-state index is -5.05. The van der Waals surface area contributed by atoms with Crippen molar-refractivity contribution < 1.29 is 162 Å². The topological polar surface area (TPSA) is 156 Å². The van der Waals surface area contributed by atoms with Crippen LogP contribution >= 0.6 is 15.6 Å². The first kappa shape index (κ1) is 36.2. The minimum absolute atomic E-state index is 0. The van der Waals surface area contributed by atoms with Crippen LogP contribution < -0.4 is 118 Å². The van der Waals surface area contributed by atoms with E-state index in [4.69, 9.17) is 19.6 Å². The molecule has 0 saturated carbocycles. The molecule has 0 saturated heterocycles. The van der Waals surface area contributed by atoms with Crippen LogP contribution in [0.1, 0.15) is 5.71 Å². The normalized spacial score (nSPS) is 8.86. The Balaban J connectivity index is -0.00000000889. The van der Waals surface area contributed by atoms with Gasteiger partial charge in [0.05, 0.1) is 0 Å². The molecule has 0 aromatic rings. The van der Waals surface area contributed by atoms with Crippen LogP contribution in [0.5, 0.6) is 0 Å². The summed E-state index contributed by atoms with van der Waals surface area (Å²) in [6, 6.07) is 0. The van der Waals surface area contributed by atoms with Gasteiger partial charge in [0.1, 0.15) is 0 Å². The van der Waals surface area contributed by atoms with Gasteiger partial charge in [-0.2, -0.15) is 4.31 Å². The van der Waals surface area contributed by atoms with Crippen molar-refractivity contribution in [3.63, 3.8) is 0 Å². The zero-order valence-electron chi connectivity index (χ0n) is 12.4. The van der Waals surface area contributed by atoms with Crippen molar-refractivity contribution in [3.8, 4) is 0 Å². The van der Waals surface area contributed by atoms with Crippen molar-refractivity contribution in [2.24, 2.45) is 0 Å². The summed E-state index contributed by atoms with van der Waals surface area (Å²) < 4.78 is 22.2. The zero-order valence-corrected chi connectivity index (χ0v) is 18.2. The van der Waals surface area contributed by atoms with Gasteiger partial charge in [0, 0.05) is 0 Å². The van der Waals surface area contributed by atoms with Gasteiger partial charge in [-0.25, -0.2) is 9.13 Å². The molecule has 0 unspecified atom stereocenters. The van der Waals surface area contributed by atoms with Crippen molar-refractivity contribution in [2.45, 2.75) is 0 Å². The first-order chi connectivity index (χ1) is 3.71. The summed E-state index contributed by atoms with van der Waals surface area (Å²) in [4.78, 5) is 31.0. The van der Waals surface area contributed by atoms with E-state index in [0.29, 0.717) is 0 Å². The summed E-state index contributed by atoms with van der Waals surface area (Å²) >= 11 is 0. The molecule has 0 aromatic carbocycles. The van der Waals surface area contributed by atoms with Gasteiger partial charge in [0.15, 0.2) is 0 Å². The second-order valence-electron chi connectivity index (χ2n) is 1.06. The summed E-state index contributed by atoms with van der Waals surface area (Å²) in [6.45, 7) is 0. The average Bonchev–Trinajstić information content (AvgIpc) is 1.14. The molecule has 14 heteroatoms. The molecule has 0 rings (SSSR count). The fraction of sp³-hybridized carbons (Fsp3) is 0. The molecule has 0 atom stereocenters. The number of hydrogen-bond donors (Lipinski definition) is 4. The summed E-state index contributed by atoms with van der Waals surface area (Å²) in [6.07, 6.45) is 0. The van der Waals surface area contributed by atoms with E-state index in [9.17, 15) is 9.13 Å². The number of rotatable bonds is 2. The van der Waals surface area contributed by atoms with Gasteiger partial charge in [0.2, 0.25) is 0 Å². The van der Waals surface area contributed by atoms with Gasteiger partial charge in [-0.15, -0.1) is 0 Å². The molecule has 14 heavy (non-hydrogen) atoms. The second kappa shape index (κ2) is 15.3. The van der Waals surface area contributed by atoms with Gasteiger partial charge in [-0.3, -0.25) is 0 Å². The molecule has 0 bridgehead atoms. The van der Waals surface area contributed by atoms with Crippen molar-refractivity contribution in [1.82, 2.24) is 0 Å². The molecule has 0 spiro atoms. The van der Waals surface area contributed by atoms with Crippen molar-refractivity contribution >= 4 is 15.6 Å². The first-order valence-electron chi connectivity index (χ1n) is 1.53. The molecule has 0 radical (unpaired) electrons. The van der Waals surface area contributed by atoms with Crippen LogP contribution in [0.2, 0.25) is 0 Å². The van der Waals surface area contributed by atoms with Gasteiger partial charge < -0.3 is 30.8 Å². The summed E-state index contributed by atoms with van der Waals surface area (Å²) in [5.74, 6) is 0. The quantitative estimate of drug-likeness (QED) is 0.291. The third-order valence-electron chi connectivity index (χ3n) is 0.213. The fourth-order valence-electron chi connectivity index (χ4n) is 0.139. The Labute approximate surface area is 175 Å². The van der Waals surface area contributed by atoms with Crippen molar-refractivity contribution in [2.75, 3.05) is 0 Å². The third kappa shape index (κ3) is 36.0. The molecular formula is H10Na4O8P2. The molecule has 0 aliphatic rings. The number of hydrogen-bond acceptors (Lipinski definition) is 3. The maximum absolute atomic E-state index is 9.63. The van der Waals surface area contributed by atoms with E-state index < -0.39 is 15.6 Å². The first-order valence-corrected chi connectivity index (χ1v) is 4.59. The Morgan fingerprint density at radius 2 is 0.929 bits per heavy atom. The molecule has 0 aliphatic heterocycles. The second-order valence-corrected chi connectivity index (χ2v) is 3.68. The monoisotopic (exact) mass is 292 g/mol.